The van der Waals surface area contributed by atoms with Crippen molar-refractivity contribution in [2.45, 2.75) is 12.8 Å². The van der Waals surface area contributed by atoms with Gasteiger partial charge in [-0.05, 0) is 53.5 Å². The molecule has 1 aliphatic heterocycles. The highest BCUT2D eigenvalue weighted by molar-refractivity contribution is 9.10. The van der Waals surface area contributed by atoms with Gasteiger partial charge in [0, 0.05) is 26.6 Å². The minimum Gasteiger partial charge on any atom is -0.469 e. The molecule has 0 radical (unpaired) electrons. The number of esters is 1. The third-order valence-corrected chi connectivity index (χ3v) is 5.32. The number of hydrogen-bond acceptors (Lipinski definition) is 3. The Hall–Kier alpha value is -2.18. The van der Waals surface area contributed by atoms with E-state index in [1.165, 1.54) is 7.11 Å². The molecule has 4 nitrogen and oxygen atoms in total. The Bertz CT molecular complexity index is 929. The summed E-state index contributed by atoms with van der Waals surface area (Å²) in [6, 6.07) is 15.4. The predicted octanol–water partition coefficient (Wildman–Crippen LogP) is 5.09. The second-order valence-corrected chi connectivity index (χ2v) is 7.83. The molecule has 1 amide bonds. The lowest BCUT2D eigenvalue weighted by atomic mass is 9.95. The average Bonchev–Trinajstić information content (AvgIpc) is 3.05. The highest BCUT2D eigenvalue weighted by Crippen LogP contribution is 2.31. The van der Waals surface area contributed by atoms with Gasteiger partial charge in [0.25, 0.3) is 5.91 Å². The van der Waals surface area contributed by atoms with Crippen LogP contribution in [0.3, 0.4) is 0 Å². The number of carbonyl (C=O) groups is 2. The van der Waals surface area contributed by atoms with E-state index in [0.717, 1.165) is 31.3 Å². The Morgan fingerprint density at radius 3 is 2.15 bits per heavy atom. The number of allylic oxidation sites excluding steroid dienone is 1. The van der Waals surface area contributed by atoms with Gasteiger partial charge in [0.1, 0.15) is 0 Å². The van der Waals surface area contributed by atoms with E-state index in [0.29, 0.717) is 12.0 Å². The van der Waals surface area contributed by atoms with Crippen molar-refractivity contribution in [2.75, 3.05) is 7.11 Å². The molecule has 138 valence electrons. The number of nitrogens with one attached hydrogen (secondary N) is 1. The molecule has 0 aromatic heterocycles. The summed E-state index contributed by atoms with van der Waals surface area (Å²) in [5, 5.41) is 2.93. The summed E-state index contributed by atoms with van der Waals surface area (Å²) < 4.78 is 6.68. The molecule has 0 aliphatic carbocycles. The monoisotopic (exact) mass is 489 g/mol. The molecule has 27 heavy (non-hydrogen) atoms. The highest BCUT2D eigenvalue weighted by atomic mass is 79.9. The number of rotatable bonds is 5. The zero-order valence-corrected chi connectivity index (χ0v) is 17.8. The lowest BCUT2D eigenvalue weighted by molar-refractivity contribution is -0.140. The van der Waals surface area contributed by atoms with Gasteiger partial charge in [-0.3, -0.25) is 9.59 Å². The van der Waals surface area contributed by atoms with Gasteiger partial charge in [-0.2, -0.15) is 0 Å². The van der Waals surface area contributed by atoms with E-state index < -0.39 is 0 Å². The van der Waals surface area contributed by atoms with Gasteiger partial charge >= 0.3 is 5.97 Å². The van der Waals surface area contributed by atoms with Crippen LogP contribution in [0.15, 0.2) is 69.1 Å². The van der Waals surface area contributed by atoms with Crippen LogP contribution in [0.1, 0.15) is 24.0 Å². The summed E-state index contributed by atoms with van der Waals surface area (Å²) >= 11 is 6.84. The average molecular weight is 491 g/mol. The van der Waals surface area contributed by atoms with Crippen molar-refractivity contribution in [3.63, 3.8) is 0 Å². The molecule has 6 heteroatoms. The fourth-order valence-electron chi connectivity index (χ4n) is 2.86. The Morgan fingerprint density at radius 2 is 1.56 bits per heavy atom. The smallest absolute Gasteiger partial charge is 0.305 e. The molecule has 1 heterocycles. The van der Waals surface area contributed by atoms with Crippen LogP contribution in [-0.2, 0) is 14.3 Å². The van der Waals surface area contributed by atoms with Crippen LogP contribution in [0, 0.1) is 0 Å². The molecule has 0 saturated carbocycles. The first-order valence-corrected chi connectivity index (χ1v) is 9.91. The molecular weight excluding hydrogens is 474 g/mol. The van der Waals surface area contributed by atoms with Crippen molar-refractivity contribution in [3.05, 3.63) is 80.3 Å². The molecule has 0 fully saturated rings. The van der Waals surface area contributed by atoms with E-state index in [9.17, 15) is 9.59 Å². The van der Waals surface area contributed by atoms with Crippen LogP contribution in [-0.4, -0.2) is 19.0 Å². The third-order valence-electron chi connectivity index (χ3n) is 4.26. The molecule has 2 aromatic carbocycles. The van der Waals surface area contributed by atoms with Crippen LogP contribution in [0.2, 0.25) is 0 Å². The SMILES string of the molecule is COC(=O)CCC(=C1C=C(c2ccc(Br)cc2)NC1=O)c1ccc(Br)cc1. The molecule has 3 rings (SSSR count). The second-order valence-electron chi connectivity index (χ2n) is 5.99. The topological polar surface area (TPSA) is 55.4 Å². The maximum absolute atomic E-state index is 12.7. The van der Waals surface area contributed by atoms with Gasteiger partial charge in [0.15, 0.2) is 0 Å². The Morgan fingerprint density at radius 1 is 0.963 bits per heavy atom. The van der Waals surface area contributed by atoms with E-state index in [1.54, 1.807) is 0 Å². The Labute approximate surface area is 174 Å². The molecule has 0 unspecified atom stereocenters. The lowest BCUT2D eigenvalue weighted by Crippen LogP contribution is -2.17. The third kappa shape index (κ3) is 4.76. The van der Waals surface area contributed by atoms with Crippen LogP contribution < -0.4 is 5.32 Å². The first-order chi connectivity index (χ1) is 13.0. The first-order valence-electron chi connectivity index (χ1n) is 8.33. The number of methoxy groups -OCH3 is 1. The van der Waals surface area contributed by atoms with E-state index in [1.807, 2.05) is 54.6 Å². The summed E-state index contributed by atoms with van der Waals surface area (Å²) in [5.74, 6) is -0.476. The Balaban J connectivity index is 2.02. The van der Waals surface area contributed by atoms with Crippen molar-refractivity contribution in [2.24, 2.45) is 0 Å². The number of hydrogen-bond donors (Lipinski definition) is 1. The number of amides is 1. The van der Waals surface area contributed by atoms with E-state index >= 15 is 0 Å². The maximum Gasteiger partial charge on any atom is 0.305 e. The molecule has 1 N–H and O–H groups in total. The maximum atomic E-state index is 12.7. The molecule has 0 saturated heterocycles. The van der Waals surface area contributed by atoms with Gasteiger partial charge in [-0.15, -0.1) is 0 Å². The van der Waals surface area contributed by atoms with Crippen molar-refractivity contribution in [3.8, 4) is 0 Å². The zero-order chi connectivity index (χ0) is 19.4. The molecule has 0 bridgehead atoms. The predicted molar refractivity (Wildman–Crippen MR) is 113 cm³/mol. The van der Waals surface area contributed by atoms with E-state index in [-0.39, 0.29) is 18.3 Å². The van der Waals surface area contributed by atoms with Crippen molar-refractivity contribution < 1.29 is 14.3 Å². The van der Waals surface area contributed by atoms with Gasteiger partial charge in [-0.1, -0.05) is 56.1 Å². The number of halogens is 2. The molecule has 0 spiro atoms. The largest absolute Gasteiger partial charge is 0.469 e. The quantitative estimate of drug-likeness (QED) is 0.469. The van der Waals surface area contributed by atoms with Crippen molar-refractivity contribution >= 4 is 55.0 Å². The second kappa shape index (κ2) is 8.67. The Kier molecular flexibility index (Phi) is 6.29. The van der Waals surface area contributed by atoms with Crippen molar-refractivity contribution in [1.82, 2.24) is 5.32 Å². The summed E-state index contributed by atoms with van der Waals surface area (Å²) in [6.45, 7) is 0. The van der Waals surface area contributed by atoms with Crippen LogP contribution in [0.25, 0.3) is 11.3 Å². The van der Waals surface area contributed by atoms with Crippen molar-refractivity contribution in [1.29, 1.82) is 0 Å². The number of carbonyl (C=O) groups excluding carboxylic acids is 2. The summed E-state index contributed by atoms with van der Waals surface area (Å²) in [7, 11) is 1.36. The molecule has 0 atom stereocenters. The summed E-state index contributed by atoms with van der Waals surface area (Å²) in [4.78, 5) is 24.3. The minimum atomic E-state index is -0.305. The fourth-order valence-corrected chi connectivity index (χ4v) is 3.39. The number of ether oxygens (including phenoxy) is 1. The van der Waals surface area contributed by atoms with Crippen LogP contribution >= 0.6 is 31.9 Å². The van der Waals surface area contributed by atoms with Gasteiger partial charge in [0.05, 0.1) is 7.11 Å². The lowest BCUT2D eigenvalue weighted by Gasteiger charge is -2.10. The molecule has 1 aliphatic rings. The van der Waals surface area contributed by atoms with Crippen LogP contribution in [0.5, 0.6) is 0 Å². The highest BCUT2D eigenvalue weighted by Gasteiger charge is 2.23. The fraction of sp³-hybridized carbons (Fsp3) is 0.143. The van der Waals surface area contributed by atoms with Crippen LogP contribution in [0.4, 0.5) is 0 Å². The van der Waals surface area contributed by atoms with Gasteiger partial charge < -0.3 is 10.1 Å². The summed E-state index contributed by atoms with van der Waals surface area (Å²) in [5.41, 5.74) is 3.96. The minimum absolute atomic E-state index is 0.171. The standard InChI is InChI=1S/C21H17Br2NO3/c1-27-20(25)11-10-17(13-2-6-15(22)7-3-13)18-12-19(24-21(18)26)14-4-8-16(23)9-5-14/h2-9,12H,10-11H2,1H3,(H,24,26). The number of benzene rings is 2. The molecule has 2 aromatic rings. The van der Waals surface area contributed by atoms with Gasteiger partial charge in [-0.25, -0.2) is 0 Å². The van der Waals surface area contributed by atoms with E-state index in [2.05, 4.69) is 37.2 Å². The normalized spacial score (nSPS) is 15.2. The van der Waals surface area contributed by atoms with Gasteiger partial charge in [0.2, 0.25) is 0 Å². The summed E-state index contributed by atoms with van der Waals surface area (Å²) in [6.07, 6.45) is 2.47. The first kappa shape index (κ1) is 19.6. The molecular formula is C21H17Br2NO3. The van der Waals surface area contributed by atoms with E-state index in [4.69, 9.17) is 4.74 Å². The zero-order valence-electron chi connectivity index (χ0n) is 14.6.